The zero-order chi connectivity index (χ0) is 12.8. The van der Waals surface area contributed by atoms with Gasteiger partial charge in [0.05, 0.1) is 5.75 Å². The monoisotopic (exact) mass is 256 g/mol. The molecule has 0 saturated carbocycles. The summed E-state index contributed by atoms with van der Waals surface area (Å²) in [5.74, 6) is 2.62. The normalized spacial score (nSPS) is 10.4. The van der Waals surface area contributed by atoms with E-state index in [1.54, 1.807) is 24.3 Å². The fourth-order valence-electron chi connectivity index (χ4n) is 1.49. The van der Waals surface area contributed by atoms with E-state index in [1.165, 1.54) is 0 Å². The first-order valence-electron chi connectivity index (χ1n) is 5.50. The molecule has 3 heteroatoms. The molecule has 0 amide bonds. The van der Waals surface area contributed by atoms with E-state index in [-0.39, 0.29) is 5.75 Å². The first-order valence-corrected chi connectivity index (χ1v) is 7.15. The highest BCUT2D eigenvalue weighted by molar-refractivity contribution is 7.95. The fraction of sp³-hybridized carbons (Fsp3) is 0.0667. The van der Waals surface area contributed by atoms with E-state index in [1.807, 2.05) is 36.4 Å². The van der Waals surface area contributed by atoms with E-state index in [2.05, 4.69) is 11.2 Å². The lowest BCUT2D eigenvalue weighted by molar-refractivity contribution is 0.605. The summed E-state index contributed by atoms with van der Waals surface area (Å²) in [5, 5.41) is 2.35. The van der Waals surface area contributed by atoms with Gasteiger partial charge in [0.1, 0.15) is 0 Å². The summed E-state index contributed by atoms with van der Waals surface area (Å²) in [7, 11) is -3.39. The summed E-state index contributed by atoms with van der Waals surface area (Å²) < 4.78 is 23.6. The average Bonchev–Trinajstić information content (AvgIpc) is 2.38. The van der Waals surface area contributed by atoms with Gasteiger partial charge in [-0.25, -0.2) is 8.42 Å². The molecule has 90 valence electrons. The molecule has 0 radical (unpaired) electrons. The molecular weight excluding hydrogens is 244 g/mol. The minimum absolute atomic E-state index is 0.0479. The predicted octanol–water partition coefficient (Wildman–Crippen LogP) is 2.61. The van der Waals surface area contributed by atoms with E-state index in [0.717, 1.165) is 5.56 Å². The smallest absolute Gasteiger partial charge is 0.215 e. The SMILES string of the molecule is O=S(=O)(C#Cc1ccccc1)Cc1ccccc1. The van der Waals surface area contributed by atoms with Crippen molar-refractivity contribution in [3.63, 3.8) is 0 Å². The molecule has 0 N–H and O–H groups in total. The van der Waals surface area contributed by atoms with Gasteiger partial charge in [-0.2, -0.15) is 0 Å². The lowest BCUT2D eigenvalue weighted by Crippen LogP contribution is -2.00. The first kappa shape index (κ1) is 12.4. The minimum Gasteiger partial charge on any atom is -0.215 e. The van der Waals surface area contributed by atoms with Crippen molar-refractivity contribution in [2.75, 3.05) is 0 Å². The first-order chi connectivity index (χ1) is 8.66. The van der Waals surface area contributed by atoms with Crippen LogP contribution in [0.2, 0.25) is 0 Å². The zero-order valence-corrected chi connectivity index (χ0v) is 10.5. The van der Waals surface area contributed by atoms with Crippen molar-refractivity contribution in [2.24, 2.45) is 0 Å². The van der Waals surface area contributed by atoms with Crippen LogP contribution in [0.15, 0.2) is 60.7 Å². The summed E-state index contributed by atoms with van der Waals surface area (Å²) in [6, 6.07) is 18.1. The van der Waals surface area contributed by atoms with Gasteiger partial charge < -0.3 is 0 Å². The number of hydrogen-bond acceptors (Lipinski definition) is 2. The third-order valence-electron chi connectivity index (χ3n) is 2.32. The Kier molecular flexibility index (Phi) is 3.81. The summed E-state index contributed by atoms with van der Waals surface area (Å²) in [5.41, 5.74) is 1.45. The van der Waals surface area contributed by atoms with E-state index >= 15 is 0 Å². The molecule has 2 rings (SSSR count). The predicted molar refractivity (Wildman–Crippen MR) is 72.4 cm³/mol. The Labute approximate surface area is 107 Å². The van der Waals surface area contributed by atoms with Crippen LogP contribution in [0.4, 0.5) is 0 Å². The van der Waals surface area contributed by atoms with Crippen LogP contribution in [0, 0.1) is 11.2 Å². The minimum atomic E-state index is -3.39. The van der Waals surface area contributed by atoms with Crippen LogP contribution in [-0.2, 0) is 15.6 Å². The highest BCUT2D eigenvalue weighted by atomic mass is 32.2. The summed E-state index contributed by atoms with van der Waals surface area (Å²) in [6.45, 7) is 0. The topological polar surface area (TPSA) is 34.1 Å². The third-order valence-corrected chi connectivity index (χ3v) is 3.45. The quantitative estimate of drug-likeness (QED) is 0.774. The van der Waals surface area contributed by atoms with Crippen LogP contribution in [0.1, 0.15) is 11.1 Å². The Balaban J connectivity index is 2.17. The summed E-state index contributed by atoms with van der Waals surface area (Å²) in [6.07, 6.45) is 0. The van der Waals surface area contributed by atoms with Gasteiger partial charge in [-0.3, -0.25) is 0 Å². The molecule has 0 heterocycles. The molecule has 2 nitrogen and oxygen atoms in total. The summed E-state index contributed by atoms with van der Waals surface area (Å²) in [4.78, 5) is 0. The van der Waals surface area contributed by atoms with Crippen molar-refractivity contribution in [3.05, 3.63) is 71.8 Å². The van der Waals surface area contributed by atoms with Gasteiger partial charge in [-0.1, -0.05) is 54.5 Å². The standard InChI is InChI=1S/C15H12O2S/c16-18(17,13-15-9-5-2-6-10-15)12-11-14-7-3-1-4-8-14/h1-10H,13H2. The molecular formula is C15H12O2S. The Hall–Kier alpha value is -2.05. The van der Waals surface area contributed by atoms with Gasteiger partial charge in [0.2, 0.25) is 9.84 Å². The molecule has 0 aliphatic heterocycles. The van der Waals surface area contributed by atoms with E-state index < -0.39 is 9.84 Å². The van der Waals surface area contributed by atoms with E-state index in [9.17, 15) is 8.42 Å². The van der Waals surface area contributed by atoms with Crippen molar-refractivity contribution in [3.8, 4) is 11.2 Å². The molecule has 0 atom stereocenters. The lowest BCUT2D eigenvalue weighted by atomic mass is 10.2. The Bertz CT molecular complexity index is 663. The Morgan fingerprint density at radius 1 is 0.833 bits per heavy atom. The second-order valence-corrected chi connectivity index (χ2v) is 5.56. The molecule has 2 aromatic carbocycles. The largest absolute Gasteiger partial charge is 0.221 e. The molecule has 0 spiro atoms. The van der Waals surface area contributed by atoms with Gasteiger partial charge >= 0.3 is 0 Å². The van der Waals surface area contributed by atoms with E-state index in [0.29, 0.717) is 5.56 Å². The van der Waals surface area contributed by atoms with Crippen molar-refractivity contribution in [1.82, 2.24) is 0 Å². The molecule has 0 aliphatic rings. The molecule has 0 aliphatic carbocycles. The van der Waals surface area contributed by atoms with Crippen molar-refractivity contribution in [2.45, 2.75) is 5.75 Å². The van der Waals surface area contributed by atoms with Crippen LogP contribution >= 0.6 is 0 Å². The third kappa shape index (κ3) is 3.76. The molecule has 0 saturated heterocycles. The zero-order valence-electron chi connectivity index (χ0n) is 9.71. The maximum Gasteiger partial charge on any atom is 0.221 e. The molecule has 0 aromatic heterocycles. The maximum atomic E-state index is 11.8. The van der Waals surface area contributed by atoms with Gasteiger partial charge in [0, 0.05) is 10.8 Å². The molecule has 2 aromatic rings. The van der Waals surface area contributed by atoms with Gasteiger partial charge in [0.25, 0.3) is 0 Å². The molecule has 0 bridgehead atoms. The molecule has 0 fully saturated rings. The van der Waals surface area contributed by atoms with Gasteiger partial charge in [-0.05, 0) is 17.7 Å². The van der Waals surface area contributed by atoms with Crippen LogP contribution in [0.5, 0.6) is 0 Å². The second kappa shape index (κ2) is 5.52. The Morgan fingerprint density at radius 3 is 2.00 bits per heavy atom. The van der Waals surface area contributed by atoms with Crippen LogP contribution in [0.25, 0.3) is 0 Å². The summed E-state index contributed by atoms with van der Waals surface area (Å²) >= 11 is 0. The fourth-order valence-corrected chi connectivity index (χ4v) is 2.46. The van der Waals surface area contributed by atoms with Crippen LogP contribution in [-0.4, -0.2) is 8.42 Å². The lowest BCUT2D eigenvalue weighted by Gasteiger charge is -1.96. The number of rotatable bonds is 2. The number of sulfone groups is 1. The molecule has 18 heavy (non-hydrogen) atoms. The van der Waals surface area contributed by atoms with Crippen molar-refractivity contribution in [1.29, 1.82) is 0 Å². The van der Waals surface area contributed by atoms with Crippen LogP contribution < -0.4 is 0 Å². The van der Waals surface area contributed by atoms with Crippen molar-refractivity contribution >= 4 is 9.84 Å². The molecule has 0 unspecified atom stereocenters. The van der Waals surface area contributed by atoms with Gasteiger partial charge in [-0.15, -0.1) is 0 Å². The number of hydrogen-bond donors (Lipinski definition) is 0. The second-order valence-electron chi connectivity index (χ2n) is 3.84. The Morgan fingerprint density at radius 2 is 1.39 bits per heavy atom. The highest BCUT2D eigenvalue weighted by Gasteiger charge is 2.07. The average molecular weight is 256 g/mol. The number of benzene rings is 2. The van der Waals surface area contributed by atoms with Crippen LogP contribution in [0.3, 0.4) is 0 Å². The van der Waals surface area contributed by atoms with E-state index in [4.69, 9.17) is 0 Å². The maximum absolute atomic E-state index is 11.8. The highest BCUT2D eigenvalue weighted by Crippen LogP contribution is 2.05. The van der Waals surface area contributed by atoms with Crippen molar-refractivity contribution < 1.29 is 8.42 Å². The van der Waals surface area contributed by atoms with Gasteiger partial charge in [0.15, 0.2) is 0 Å².